The number of methoxy groups -OCH3 is 2. The van der Waals surface area contributed by atoms with Gasteiger partial charge >= 0.3 is 0 Å². The molecule has 118 valence electrons. The minimum atomic E-state index is -0.639. The van der Waals surface area contributed by atoms with Crippen molar-refractivity contribution in [3.8, 4) is 11.8 Å². The van der Waals surface area contributed by atoms with Gasteiger partial charge in [-0.3, -0.25) is 0 Å². The minimum Gasteiger partial charge on any atom is -0.481 e. The average molecular weight is 340 g/mol. The quantitative estimate of drug-likeness (QED) is 0.647. The summed E-state index contributed by atoms with van der Waals surface area (Å²) in [7, 11) is 3.08. The molecule has 0 amide bonds. The van der Waals surface area contributed by atoms with Crippen LogP contribution in [0.5, 0.6) is 11.8 Å². The number of benzene rings is 1. The Kier molecular flexibility index (Phi) is 5.03. The molecular weight excluding hydrogens is 322 g/mol. The molecule has 7 heteroatoms. The molecule has 0 aliphatic carbocycles. The number of hydrogen-bond acceptors (Lipinski definition) is 6. The van der Waals surface area contributed by atoms with E-state index in [9.17, 15) is 0 Å². The number of rotatable bonds is 5. The second kappa shape index (κ2) is 6.62. The van der Waals surface area contributed by atoms with Crippen molar-refractivity contribution in [2.24, 2.45) is 0 Å². The normalized spacial score (nSPS) is 13.5. The lowest BCUT2D eigenvalue weighted by atomic mass is 9.82. The molecule has 1 aromatic carbocycles. The number of hydrogen-bond donors (Lipinski definition) is 2. The number of para-hydroxylation sites is 1. The molecule has 0 saturated carbocycles. The first-order chi connectivity index (χ1) is 10.5. The number of anilines is 1. The number of nitrogens with two attached hydrogens (primary N) is 1. The van der Waals surface area contributed by atoms with Crippen molar-refractivity contribution in [2.45, 2.75) is 12.3 Å². The Labute approximate surface area is 140 Å². The van der Waals surface area contributed by atoms with E-state index in [1.165, 1.54) is 14.2 Å². The smallest absolute Gasteiger partial charge is 0.220 e. The third-order valence-corrected chi connectivity index (χ3v) is 4.52. The molecule has 0 spiro atoms. The van der Waals surface area contributed by atoms with Crippen molar-refractivity contribution in [1.82, 2.24) is 9.97 Å². The zero-order chi connectivity index (χ0) is 16.3. The van der Waals surface area contributed by atoms with E-state index in [-0.39, 0.29) is 0 Å². The molecule has 0 radical (unpaired) electrons. The summed E-state index contributed by atoms with van der Waals surface area (Å²) in [5.74, 6) is 1.77. The number of ether oxygens (including phenoxy) is 2. The van der Waals surface area contributed by atoms with Crippen molar-refractivity contribution in [3.63, 3.8) is 0 Å². The largest absolute Gasteiger partial charge is 0.481 e. The third kappa shape index (κ3) is 2.94. The molecule has 22 heavy (non-hydrogen) atoms. The Morgan fingerprint density at radius 3 is 2.32 bits per heavy atom. The van der Waals surface area contributed by atoms with Gasteiger partial charge < -0.3 is 15.2 Å². The Bertz CT molecular complexity index is 662. The predicted octanol–water partition coefficient (Wildman–Crippen LogP) is 2.97. The highest BCUT2D eigenvalue weighted by atomic mass is 35.5. The van der Waals surface area contributed by atoms with Crippen LogP contribution in [0, 0.1) is 0 Å². The molecular formula is C15H18ClN3O2S. The van der Waals surface area contributed by atoms with Crippen LogP contribution in [-0.2, 0) is 5.41 Å². The summed E-state index contributed by atoms with van der Waals surface area (Å²) in [5.41, 5.74) is 6.80. The van der Waals surface area contributed by atoms with Gasteiger partial charge in [-0.05, 0) is 18.6 Å². The van der Waals surface area contributed by atoms with Crippen LogP contribution in [0.4, 0.5) is 5.69 Å². The van der Waals surface area contributed by atoms with E-state index in [1.54, 1.807) is 12.1 Å². The van der Waals surface area contributed by atoms with Gasteiger partial charge in [0, 0.05) is 5.75 Å². The van der Waals surface area contributed by atoms with Gasteiger partial charge in [0.05, 0.1) is 36.4 Å². The molecule has 0 saturated heterocycles. The second-order valence-electron chi connectivity index (χ2n) is 4.97. The Balaban J connectivity index is 2.66. The van der Waals surface area contributed by atoms with E-state index >= 15 is 0 Å². The van der Waals surface area contributed by atoms with Gasteiger partial charge in [-0.1, -0.05) is 23.7 Å². The van der Waals surface area contributed by atoms with Crippen LogP contribution in [-0.4, -0.2) is 29.9 Å². The van der Waals surface area contributed by atoms with Gasteiger partial charge in [-0.25, -0.2) is 0 Å². The van der Waals surface area contributed by atoms with Crippen LogP contribution in [0.3, 0.4) is 0 Å². The van der Waals surface area contributed by atoms with Gasteiger partial charge in [0.25, 0.3) is 0 Å². The van der Waals surface area contributed by atoms with Crippen LogP contribution in [0.1, 0.15) is 18.3 Å². The van der Waals surface area contributed by atoms with Crippen molar-refractivity contribution in [3.05, 3.63) is 40.7 Å². The van der Waals surface area contributed by atoms with Crippen LogP contribution in [0.2, 0.25) is 5.02 Å². The summed E-state index contributed by atoms with van der Waals surface area (Å²) in [6.45, 7) is 1.95. The van der Waals surface area contributed by atoms with Crippen LogP contribution < -0.4 is 15.2 Å². The van der Waals surface area contributed by atoms with Gasteiger partial charge in [-0.2, -0.15) is 22.6 Å². The lowest BCUT2D eigenvalue weighted by molar-refractivity contribution is 0.363. The summed E-state index contributed by atoms with van der Waals surface area (Å²) >= 11 is 10.6. The molecule has 0 aliphatic heterocycles. The molecule has 1 atom stereocenters. The summed E-state index contributed by atoms with van der Waals surface area (Å²) in [6.07, 6.45) is 0. The molecule has 1 aromatic heterocycles. The van der Waals surface area contributed by atoms with Crippen molar-refractivity contribution >= 4 is 29.9 Å². The average Bonchev–Trinajstić information content (AvgIpc) is 2.56. The van der Waals surface area contributed by atoms with Gasteiger partial charge in [-0.15, -0.1) is 0 Å². The highest BCUT2D eigenvalue weighted by molar-refractivity contribution is 7.80. The summed E-state index contributed by atoms with van der Waals surface area (Å²) < 4.78 is 10.4. The molecule has 2 aromatic rings. The molecule has 0 fully saturated rings. The summed E-state index contributed by atoms with van der Waals surface area (Å²) in [6, 6.07) is 7.09. The number of halogens is 1. The van der Waals surface area contributed by atoms with E-state index in [2.05, 4.69) is 22.6 Å². The highest BCUT2D eigenvalue weighted by Gasteiger charge is 2.34. The molecule has 1 unspecified atom stereocenters. The number of nitrogen functional groups attached to an aromatic ring is 1. The fraction of sp³-hybridized carbons (Fsp3) is 0.333. The summed E-state index contributed by atoms with van der Waals surface area (Å²) in [5, 5.41) is 0.486. The Morgan fingerprint density at radius 1 is 1.23 bits per heavy atom. The SMILES string of the molecule is COc1cc(OC)nc(C(C)(CS)c2cccc(Cl)c2N)n1. The number of thiol groups is 1. The molecule has 0 aliphatic rings. The first kappa shape index (κ1) is 16.7. The molecule has 2 N–H and O–H groups in total. The van der Waals surface area contributed by atoms with E-state index < -0.39 is 5.41 Å². The van der Waals surface area contributed by atoms with Crippen molar-refractivity contribution in [2.75, 3.05) is 25.7 Å². The number of nitrogens with zero attached hydrogens (tertiary/aromatic N) is 2. The third-order valence-electron chi connectivity index (χ3n) is 3.55. The molecule has 5 nitrogen and oxygen atoms in total. The Morgan fingerprint density at radius 2 is 1.82 bits per heavy atom. The van der Waals surface area contributed by atoms with Gasteiger partial charge in [0.1, 0.15) is 5.82 Å². The molecule has 0 bridgehead atoms. The predicted molar refractivity (Wildman–Crippen MR) is 91.3 cm³/mol. The number of aromatic nitrogens is 2. The maximum Gasteiger partial charge on any atom is 0.220 e. The minimum absolute atomic E-state index is 0.412. The highest BCUT2D eigenvalue weighted by Crippen LogP contribution is 2.38. The van der Waals surface area contributed by atoms with E-state index in [0.717, 1.165) is 5.56 Å². The zero-order valence-corrected chi connectivity index (χ0v) is 14.3. The topological polar surface area (TPSA) is 70.3 Å². The van der Waals surface area contributed by atoms with Crippen LogP contribution >= 0.6 is 24.2 Å². The standard InChI is InChI=1S/C15H18ClN3O2S/c1-15(8-22,9-5-4-6-10(16)13(9)17)14-18-11(20-2)7-12(19-14)21-3/h4-7,22H,8,17H2,1-3H3. The lowest BCUT2D eigenvalue weighted by Crippen LogP contribution is -2.30. The first-order valence-corrected chi connectivity index (χ1v) is 7.60. The van der Waals surface area contributed by atoms with Crippen LogP contribution in [0.15, 0.2) is 24.3 Å². The maximum absolute atomic E-state index is 6.14. The van der Waals surface area contributed by atoms with E-state index in [1.807, 2.05) is 19.1 Å². The summed E-state index contributed by atoms with van der Waals surface area (Å²) in [4.78, 5) is 8.86. The fourth-order valence-electron chi connectivity index (χ4n) is 2.15. The van der Waals surface area contributed by atoms with Crippen molar-refractivity contribution in [1.29, 1.82) is 0 Å². The van der Waals surface area contributed by atoms with Crippen LogP contribution in [0.25, 0.3) is 0 Å². The molecule has 1 heterocycles. The van der Waals surface area contributed by atoms with E-state index in [0.29, 0.717) is 34.0 Å². The fourth-order valence-corrected chi connectivity index (χ4v) is 2.64. The second-order valence-corrected chi connectivity index (χ2v) is 5.69. The van der Waals surface area contributed by atoms with E-state index in [4.69, 9.17) is 26.8 Å². The zero-order valence-electron chi connectivity index (χ0n) is 12.6. The van der Waals surface area contributed by atoms with Gasteiger partial charge in [0.2, 0.25) is 11.8 Å². The molecule has 2 rings (SSSR count). The monoisotopic (exact) mass is 339 g/mol. The maximum atomic E-state index is 6.14. The van der Waals surface area contributed by atoms with Gasteiger partial charge in [0.15, 0.2) is 0 Å². The van der Waals surface area contributed by atoms with Crippen molar-refractivity contribution < 1.29 is 9.47 Å². The Hall–Kier alpha value is -1.66. The first-order valence-electron chi connectivity index (χ1n) is 6.59. The lowest BCUT2D eigenvalue weighted by Gasteiger charge is -2.28.